The summed E-state index contributed by atoms with van der Waals surface area (Å²) in [6, 6.07) is 7.04. The predicted octanol–water partition coefficient (Wildman–Crippen LogP) is 0.469. The number of aromatic amines is 1. The number of H-pyrrole nitrogens is 1. The molecule has 0 spiro atoms. The third kappa shape index (κ3) is 3.55. The van der Waals surface area contributed by atoms with Gasteiger partial charge in [-0.2, -0.15) is 0 Å². The van der Waals surface area contributed by atoms with Crippen molar-refractivity contribution in [2.45, 2.75) is 0 Å². The lowest BCUT2D eigenvalue weighted by Crippen LogP contribution is -2.36. The van der Waals surface area contributed by atoms with Crippen molar-refractivity contribution < 1.29 is 4.79 Å². The number of rotatable bonds is 4. The van der Waals surface area contributed by atoms with Crippen molar-refractivity contribution in [2.75, 3.05) is 22.9 Å². The minimum absolute atomic E-state index is 0.0203. The molecule has 2 aromatic rings. The second kappa shape index (κ2) is 6.48. The van der Waals surface area contributed by atoms with Crippen LogP contribution in [-0.4, -0.2) is 22.0 Å². The Hall–Kier alpha value is -2.55. The summed E-state index contributed by atoms with van der Waals surface area (Å²) in [5.41, 5.74) is 4.96. The number of hydrogen-bond acceptors (Lipinski definition) is 5. The summed E-state index contributed by atoms with van der Waals surface area (Å²) < 4.78 is 1.76. The zero-order valence-electron chi connectivity index (χ0n) is 11.6. The van der Waals surface area contributed by atoms with Crippen molar-refractivity contribution in [1.82, 2.24) is 9.55 Å². The van der Waals surface area contributed by atoms with Crippen LogP contribution in [0.4, 0.5) is 17.2 Å². The maximum atomic E-state index is 11.9. The smallest absolute Gasteiger partial charge is 0.329 e. The van der Waals surface area contributed by atoms with Gasteiger partial charge < -0.3 is 16.4 Å². The van der Waals surface area contributed by atoms with Crippen LogP contribution in [0.2, 0.25) is 0 Å². The van der Waals surface area contributed by atoms with Gasteiger partial charge in [0.25, 0.3) is 5.56 Å². The lowest BCUT2D eigenvalue weighted by atomic mass is 10.3. The standard InChI is InChI=1S/C13H14BrN5O3/c1-19-12(21)10(11(15)18-13(19)22)16-6-9(20)17-8-4-2-7(14)3-5-8/h2-5,16H,6,15H2,1H3,(H,17,20)(H,18,22). The van der Waals surface area contributed by atoms with Gasteiger partial charge in [-0.1, -0.05) is 15.9 Å². The number of nitrogens with one attached hydrogen (secondary N) is 3. The van der Waals surface area contributed by atoms with E-state index in [0.29, 0.717) is 5.69 Å². The number of nitrogens with zero attached hydrogens (tertiary/aromatic N) is 1. The maximum Gasteiger partial charge on any atom is 0.329 e. The lowest BCUT2D eigenvalue weighted by molar-refractivity contribution is -0.114. The average Bonchev–Trinajstić information content (AvgIpc) is 2.47. The highest BCUT2D eigenvalue weighted by Crippen LogP contribution is 2.14. The van der Waals surface area contributed by atoms with E-state index in [2.05, 4.69) is 31.5 Å². The van der Waals surface area contributed by atoms with Gasteiger partial charge in [-0.3, -0.25) is 19.1 Å². The van der Waals surface area contributed by atoms with E-state index in [1.54, 1.807) is 24.3 Å². The van der Waals surface area contributed by atoms with Crippen LogP contribution in [0.3, 0.4) is 0 Å². The Kier molecular flexibility index (Phi) is 4.66. The normalized spacial score (nSPS) is 10.3. The summed E-state index contributed by atoms with van der Waals surface area (Å²) in [7, 11) is 1.31. The third-order valence-corrected chi connectivity index (χ3v) is 3.42. The van der Waals surface area contributed by atoms with Gasteiger partial charge in [-0.05, 0) is 24.3 Å². The Morgan fingerprint density at radius 2 is 1.95 bits per heavy atom. The molecule has 0 aliphatic carbocycles. The Morgan fingerprint density at radius 1 is 1.32 bits per heavy atom. The number of anilines is 3. The predicted molar refractivity (Wildman–Crippen MR) is 88.0 cm³/mol. The minimum atomic E-state index is -0.618. The van der Waals surface area contributed by atoms with Gasteiger partial charge in [0, 0.05) is 17.2 Å². The lowest BCUT2D eigenvalue weighted by Gasteiger charge is -2.10. The number of benzene rings is 1. The molecular formula is C13H14BrN5O3. The summed E-state index contributed by atoms with van der Waals surface area (Å²) in [6.07, 6.45) is 0. The van der Waals surface area contributed by atoms with Crippen molar-refractivity contribution in [1.29, 1.82) is 0 Å². The largest absolute Gasteiger partial charge is 0.383 e. The van der Waals surface area contributed by atoms with Gasteiger partial charge in [0.05, 0.1) is 6.54 Å². The molecule has 0 aliphatic heterocycles. The zero-order valence-corrected chi connectivity index (χ0v) is 13.2. The number of aromatic nitrogens is 2. The van der Waals surface area contributed by atoms with Crippen LogP contribution in [0, 0.1) is 0 Å². The Bertz CT molecular complexity index is 810. The second-order valence-electron chi connectivity index (χ2n) is 4.49. The topological polar surface area (TPSA) is 122 Å². The molecule has 1 aromatic carbocycles. The Morgan fingerprint density at radius 3 is 2.59 bits per heavy atom. The van der Waals surface area contributed by atoms with Gasteiger partial charge in [-0.15, -0.1) is 0 Å². The SMILES string of the molecule is Cn1c(=O)[nH]c(N)c(NCC(=O)Nc2ccc(Br)cc2)c1=O. The van der Waals surface area contributed by atoms with Crippen LogP contribution in [0.15, 0.2) is 38.3 Å². The summed E-state index contributed by atoms with van der Waals surface area (Å²) in [6.45, 7) is -0.165. The molecule has 0 radical (unpaired) electrons. The fourth-order valence-electron chi connectivity index (χ4n) is 1.71. The molecule has 0 atom stereocenters. The van der Waals surface area contributed by atoms with Crippen LogP contribution in [0.1, 0.15) is 0 Å². The molecule has 0 saturated heterocycles. The molecular weight excluding hydrogens is 354 g/mol. The number of carbonyl (C=O) groups excluding carboxylic acids is 1. The molecule has 1 amide bonds. The van der Waals surface area contributed by atoms with Gasteiger partial charge in [0.2, 0.25) is 5.91 Å². The molecule has 5 N–H and O–H groups in total. The van der Waals surface area contributed by atoms with Crippen molar-refractivity contribution in [3.05, 3.63) is 49.6 Å². The van der Waals surface area contributed by atoms with Crippen LogP contribution >= 0.6 is 15.9 Å². The van der Waals surface area contributed by atoms with Crippen LogP contribution in [0.25, 0.3) is 0 Å². The fraction of sp³-hybridized carbons (Fsp3) is 0.154. The molecule has 0 fully saturated rings. The second-order valence-corrected chi connectivity index (χ2v) is 5.41. The van der Waals surface area contributed by atoms with E-state index in [-0.39, 0.29) is 24.0 Å². The molecule has 116 valence electrons. The maximum absolute atomic E-state index is 11.9. The van der Waals surface area contributed by atoms with E-state index < -0.39 is 11.2 Å². The molecule has 0 aliphatic rings. The molecule has 0 unspecified atom stereocenters. The highest BCUT2D eigenvalue weighted by Gasteiger charge is 2.11. The zero-order chi connectivity index (χ0) is 16.3. The number of halogens is 1. The first-order chi connectivity index (χ1) is 10.4. The van der Waals surface area contributed by atoms with Gasteiger partial charge in [0.15, 0.2) is 0 Å². The molecule has 1 heterocycles. The van der Waals surface area contributed by atoms with E-state index in [1.807, 2.05) is 0 Å². The van der Waals surface area contributed by atoms with E-state index >= 15 is 0 Å². The highest BCUT2D eigenvalue weighted by molar-refractivity contribution is 9.10. The first kappa shape index (κ1) is 15.8. The van der Waals surface area contributed by atoms with Crippen molar-refractivity contribution in [3.63, 3.8) is 0 Å². The highest BCUT2D eigenvalue weighted by atomic mass is 79.9. The van der Waals surface area contributed by atoms with Crippen LogP contribution in [-0.2, 0) is 11.8 Å². The van der Waals surface area contributed by atoms with Gasteiger partial charge in [-0.25, -0.2) is 4.79 Å². The van der Waals surface area contributed by atoms with E-state index in [4.69, 9.17) is 5.73 Å². The molecule has 9 heteroatoms. The van der Waals surface area contributed by atoms with E-state index in [0.717, 1.165) is 9.04 Å². The summed E-state index contributed by atoms with van der Waals surface area (Å²) in [5, 5.41) is 5.29. The number of amides is 1. The number of nitrogens with two attached hydrogens (primary N) is 1. The van der Waals surface area contributed by atoms with E-state index in [9.17, 15) is 14.4 Å². The first-order valence-electron chi connectivity index (χ1n) is 6.26. The monoisotopic (exact) mass is 367 g/mol. The van der Waals surface area contributed by atoms with Gasteiger partial charge in [0.1, 0.15) is 11.5 Å². The fourth-order valence-corrected chi connectivity index (χ4v) is 1.98. The van der Waals surface area contributed by atoms with Crippen LogP contribution < -0.4 is 27.6 Å². The molecule has 0 bridgehead atoms. The van der Waals surface area contributed by atoms with Crippen molar-refractivity contribution in [2.24, 2.45) is 7.05 Å². The summed E-state index contributed by atoms with van der Waals surface area (Å²) in [4.78, 5) is 37.4. The molecule has 8 nitrogen and oxygen atoms in total. The average molecular weight is 368 g/mol. The summed E-state index contributed by atoms with van der Waals surface area (Å²) >= 11 is 3.30. The Balaban J connectivity index is 2.06. The van der Waals surface area contributed by atoms with E-state index in [1.165, 1.54) is 7.05 Å². The number of carbonyl (C=O) groups is 1. The molecule has 1 aromatic heterocycles. The number of nitrogen functional groups attached to an aromatic ring is 1. The molecule has 22 heavy (non-hydrogen) atoms. The quantitative estimate of drug-likeness (QED) is 0.625. The molecule has 0 saturated carbocycles. The van der Waals surface area contributed by atoms with Crippen LogP contribution in [0.5, 0.6) is 0 Å². The first-order valence-corrected chi connectivity index (χ1v) is 7.06. The molecule has 2 rings (SSSR count). The Labute approximate surface area is 133 Å². The number of hydrogen-bond donors (Lipinski definition) is 4. The van der Waals surface area contributed by atoms with Crippen molar-refractivity contribution in [3.8, 4) is 0 Å². The van der Waals surface area contributed by atoms with Crippen molar-refractivity contribution >= 4 is 39.0 Å². The minimum Gasteiger partial charge on any atom is -0.383 e. The van der Waals surface area contributed by atoms with Gasteiger partial charge >= 0.3 is 5.69 Å². The summed E-state index contributed by atoms with van der Waals surface area (Å²) in [5.74, 6) is -0.459. The third-order valence-electron chi connectivity index (χ3n) is 2.89.